The minimum atomic E-state index is -0.303. The van der Waals surface area contributed by atoms with Crippen LogP contribution in [0.25, 0.3) is 5.57 Å². The molecule has 0 amide bonds. The molecule has 17 heavy (non-hydrogen) atoms. The number of aliphatic hydroxyl groups is 1. The number of hydrogen-bond acceptors (Lipinski definition) is 1. The van der Waals surface area contributed by atoms with Crippen molar-refractivity contribution < 1.29 is 5.11 Å². The molecule has 2 atom stereocenters. The van der Waals surface area contributed by atoms with Gasteiger partial charge in [0.15, 0.2) is 0 Å². The SMILES string of the molecule is C=CC1CCC/C1=C1\c2ccccc2CC1O. The molecule has 2 aliphatic carbocycles. The van der Waals surface area contributed by atoms with Crippen LogP contribution in [0.1, 0.15) is 30.4 Å². The topological polar surface area (TPSA) is 20.2 Å². The largest absolute Gasteiger partial charge is 0.388 e. The van der Waals surface area contributed by atoms with Gasteiger partial charge in [0.2, 0.25) is 0 Å². The van der Waals surface area contributed by atoms with Gasteiger partial charge in [-0.1, -0.05) is 35.9 Å². The molecule has 0 aromatic heterocycles. The maximum absolute atomic E-state index is 10.3. The van der Waals surface area contributed by atoms with Crippen LogP contribution >= 0.6 is 0 Å². The van der Waals surface area contributed by atoms with Crippen LogP contribution in [-0.4, -0.2) is 11.2 Å². The second-order valence-corrected chi connectivity index (χ2v) is 5.05. The molecule has 0 radical (unpaired) electrons. The molecule has 1 saturated carbocycles. The minimum Gasteiger partial charge on any atom is -0.388 e. The van der Waals surface area contributed by atoms with Gasteiger partial charge in [0.05, 0.1) is 6.10 Å². The lowest BCUT2D eigenvalue weighted by Gasteiger charge is -2.14. The van der Waals surface area contributed by atoms with Crippen LogP contribution in [0.15, 0.2) is 42.5 Å². The van der Waals surface area contributed by atoms with Gasteiger partial charge in [-0.2, -0.15) is 0 Å². The number of aliphatic hydroxyl groups excluding tert-OH is 1. The van der Waals surface area contributed by atoms with Crippen molar-refractivity contribution in [1.82, 2.24) is 0 Å². The summed E-state index contributed by atoms with van der Waals surface area (Å²) in [7, 11) is 0. The van der Waals surface area contributed by atoms with Gasteiger partial charge in [-0.15, -0.1) is 6.58 Å². The third-order valence-corrected chi connectivity index (χ3v) is 4.09. The molecule has 1 aromatic carbocycles. The van der Waals surface area contributed by atoms with E-state index in [1.54, 1.807) is 0 Å². The summed E-state index contributed by atoms with van der Waals surface area (Å²) in [4.78, 5) is 0. The summed E-state index contributed by atoms with van der Waals surface area (Å²) in [5.41, 5.74) is 5.18. The number of hydrogen-bond donors (Lipinski definition) is 1. The van der Waals surface area contributed by atoms with Crippen molar-refractivity contribution in [3.8, 4) is 0 Å². The number of fused-ring (bicyclic) bond motifs is 1. The van der Waals surface area contributed by atoms with Gasteiger partial charge in [-0.25, -0.2) is 0 Å². The molecule has 1 nitrogen and oxygen atoms in total. The predicted molar refractivity (Wildman–Crippen MR) is 70.6 cm³/mol. The Morgan fingerprint density at radius 2 is 2.12 bits per heavy atom. The molecule has 2 unspecified atom stereocenters. The first-order valence-corrected chi connectivity index (χ1v) is 6.43. The third-order valence-electron chi connectivity index (χ3n) is 4.09. The van der Waals surface area contributed by atoms with E-state index in [1.807, 2.05) is 6.08 Å². The fourth-order valence-corrected chi connectivity index (χ4v) is 3.30. The molecule has 0 heterocycles. The van der Waals surface area contributed by atoms with Crippen molar-refractivity contribution in [2.75, 3.05) is 0 Å². The van der Waals surface area contributed by atoms with E-state index in [2.05, 4.69) is 30.8 Å². The van der Waals surface area contributed by atoms with Crippen LogP contribution in [0, 0.1) is 5.92 Å². The first kappa shape index (κ1) is 10.8. The van der Waals surface area contributed by atoms with Gasteiger partial charge in [0, 0.05) is 6.42 Å². The van der Waals surface area contributed by atoms with E-state index in [0.717, 1.165) is 12.8 Å². The van der Waals surface area contributed by atoms with Crippen molar-refractivity contribution in [2.24, 2.45) is 5.92 Å². The quantitative estimate of drug-likeness (QED) is 0.728. The molecular weight excluding hydrogens is 208 g/mol. The van der Waals surface area contributed by atoms with Crippen LogP contribution < -0.4 is 0 Å². The van der Waals surface area contributed by atoms with Crippen LogP contribution in [-0.2, 0) is 6.42 Å². The molecule has 2 aliphatic rings. The fraction of sp³-hybridized carbons (Fsp3) is 0.375. The summed E-state index contributed by atoms with van der Waals surface area (Å²) in [5, 5.41) is 10.3. The number of rotatable bonds is 1. The summed E-state index contributed by atoms with van der Waals surface area (Å²) in [6.07, 6.45) is 6.06. The van der Waals surface area contributed by atoms with Crippen molar-refractivity contribution >= 4 is 5.57 Å². The number of benzene rings is 1. The highest BCUT2D eigenvalue weighted by Crippen LogP contribution is 2.43. The fourth-order valence-electron chi connectivity index (χ4n) is 3.30. The molecule has 0 saturated heterocycles. The van der Waals surface area contributed by atoms with Crippen molar-refractivity contribution in [1.29, 1.82) is 0 Å². The lowest BCUT2D eigenvalue weighted by molar-refractivity contribution is 0.238. The van der Waals surface area contributed by atoms with E-state index in [9.17, 15) is 5.11 Å². The van der Waals surface area contributed by atoms with Crippen LogP contribution in [0.2, 0.25) is 0 Å². The lowest BCUT2D eigenvalue weighted by Crippen LogP contribution is -2.08. The highest BCUT2D eigenvalue weighted by molar-refractivity contribution is 5.79. The Kier molecular flexibility index (Phi) is 2.64. The van der Waals surface area contributed by atoms with E-state index in [1.165, 1.54) is 35.1 Å². The first-order chi connectivity index (χ1) is 8.31. The normalized spacial score (nSPS) is 31.6. The Labute approximate surface area is 102 Å². The van der Waals surface area contributed by atoms with E-state index in [0.29, 0.717) is 5.92 Å². The lowest BCUT2D eigenvalue weighted by atomic mass is 9.93. The number of allylic oxidation sites excluding steroid dienone is 2. The van der Waals surface area contributed by atoms with Crippen LogP contribution in [0.3, 0.4) is 0 Å². The first-order valence-electron chi connectivity index (χ1n) is 6.43. The summed E-state index contributed by atoms with van der Waals surface area (Å²) in [6, 6.07) is 8.39. The molecule has 1 fully saturated rings. The maximum Gasteiger partial charge on any atom is 0.0836 e. The van der Waals surface area contributed by atoms with Gasteiger partial charge in [-0.05, 0) is 41.9 Å². The molecule has 1 heteroatoms. The zero-order valence-corrected chi connectivity index (χ0v) is 10.0. The van der Waals surface area contributed by atoms with Crippen LogP contribution in [0.4, 0.5) is 0 Å². The van der Waals surface area contributed by atoms with E-state index in [4.69, 9.17) is 0 Å². The molecule has 3 rings (SSSR count). The summed E-state index contributed by atoms with van der Waals surface area (Å²) >= 11 is 0. The smallest absolute Gasteiger partial charge is 0.0836 e. The monoisotopic (exact) mass is 226 g/mol. The molecule has 0 aliphatic heterocycles. The van der Waals surface area contributed by atoms with E-state index in [-0.39, 0.29) is 6.10 Å². The highest BCUT2D eigenvalue weighted by Gasteiger charge is 2.31. The average Bonchev–Trinajstić information content (AvgIpc) is 2.90. The van der Waals surface area contributed by atoms with Crippen molar-refractivity contribution in [3.63, 3.8) is 0 Å². The summed E-state index contributed by atoms with van der Waals surface area (Å²) in [6.45, 7) is 3.93. The van der Waals surface area contributed by atoms with Gasteiger partial charge in [-0.3, -0.25) is 0 Å². The van der Waals surface area contributed by atoms with Gasteiger partial charge in [0.25, 0.3) is 0 Å². The molecule has 1 aromatic rings. The third kappa shape index (κ3) is 1.66. The van der Waals surface area contributed by atoms with E-state index < -0.39 is 0 Å². The van der Waals surface area contributed by atoms with Crippen molar-refractivity contribution in [2.45, 2.75) is 31.8 Å². The second kappa shape index (κ2) is 4.15. The zero-order chi connectivity index (χ0) is 11.8. The predicted octanol–water partition coefficient (Wildman–Crippen LogP) is 3.34. The Balaban J connectivity index is 2.14. The van der Waals surface area contributed by atoms with Gasteiger partial charge >= 0.3 is 0 Å². The van der Waals surface area contributed by atoms with Gasteiger partial charge in [0.1, 0.15) is 0 Å². The molecule has 0 spiro atoms. The van der Waals surface area contributed by atoms with Crippen LogP contribution in [0.5, 0.6) is 0 Å². The highest BCUT2D eigenvalue weighted by atomic mass is 16.3. The Hall–Kier alpha value is -1.34. The summed E-state index contributed by atoms with van der Waals surface area (Å²) in [5.74, 6) is 0.478. The molecule has 88 valence electrons. The molecular formula is C16H18O. The molecule has 1 N–H and O–H groups in total. The van der Waals surface area contributed by atoms with Gasteiger partial charge < -0.3 is 5.11 Å². The Morgan fingerprint density at radius 3 is 2.94 bits per heavy atom. The molecule has 0 bridgehead atoms. The summed E-state index contributed by atoms with van der Waals surface area (Å²) < 4.78 is 0. The Bertz CT molecular complexity index is 484. The average molecular weight is 226 g/mol. The second-order valence-electron chi connectivity index (χ2n) is 5.05. The van der Waals surface area contributed by atoms with E-state index >= 15 is 0 Å². The standard InChI is InChI=1S/C16H18O/c1-2-11-7-5-9-13(11)16-14-8-4-3-6-12(14)10-15(16)17/h2-4,6,8,11,15,17H,1,5,7,9-10H2/b16-13-. The minimum absolute atomic E-state index is 0.303. The Morgan fingerprint density at radius 1 is 1.29 bits per heavy atom. The zero-order valence-electron chi connectivity index (χ0n) is 10.0. The maximum atomic E-state index is 10.3. The van der Waals surface area contributed by atoms with Crippen molar-refractivity contribution in [3.05, 3.63) is 53.6 Å².